The number of urea groups is 1. The third-order valence-electron chi connectivity index (χ3n) is 4.92. The SMILES string of the molecule is CC(C)C(SCCOC(=O)NC1CCCCC1)N(C)C(=O)Nc1ccccc1F. The highest BCUT2D eigenvalue weighted by Gasteiger charge is 2.24. The first-order chi connectivity index (χ1) is 13.9. The highest BCUT2D eigenvalue weighted by molar-refractivity contribution is 7.99. The van der Waals surface area contributed by atoms with Crippen molar-refractivity contribution in [3.05, 3.63) is 30.1 Å². The molecule has 1 saturated carbocycles. The van der Waals surface area contributed by atoms with Gasteiger partial charge in [0.25, 0.3) is 0 Å². The highest BCUT2D eigenvalue weighted by Crippen LogP contribution is 2.24. The van der Waals surface area contributed by atoms with Crippen LogP contribution in [0, 0.1) is 11.7 Å². The maximum absolute atomic E-state index is 13.8. The summed E-state index contributed by atoms with van der Waals surface area (Å²) in [5.41, 5.74) is 0.152. The van der Waals surface area contributed by atoms with E-state index in [0.29, 0.717) is 5.75 Å². The first-order valence-electron chi connectivity index (χ1n) is 10.2. The molecule has 0 spiro atoms. The molecular formula is C21H32FN3O3S. The lowest BCUT2D eigenvalue weighted by atomic mass is 9.96. The summed E-state index contributed by atoms with van der Waals surface area (Å²) in [5, 5.41) is 5.39. The highest BCUT2D eigenvalue weighted by atomic mass is 32.2. The fourth-order valence-corrected chi connectivity index (χ4v) is 4.52. The average molecular weight is 426 g/mol. The Morgan fingerprint density at radius 3 is 2.59 bits per heavy atom. The average Bonchev–Trinajstić information content (AvgIpc) is 2.69. The standard InChI is InChI=1S/C21H32FN3O3S/c1-15(2)19(25(3)20(26)24-18-12-8-7-11-17(18)22)29-14-13-28-21(27)23-16-9-5-4-6-10-16/h7-8,11-12,15-16,19H,4-6,9-10,13-14H2,1-3H3,(H,23,27)(H,24,26). The van der Waals surface area contributed by atoms with Crippen molar-refractivity contribution in [3.8, 4) is 0 Å². The van der Waals surface area contributed by atoms with Crippen molar-refractivity contribution in [2.45, 2.75) is 57.4 Å². The number of amides is 3. The van der Waals surface area contributed by atoms with Crippen LogP contribution in [0.15, 0.2) is 24.3 Å². The van der Waals surface area contributed by atoms with Crippen molar-refractivity contribution in [1.82, 2.24) is 10.2 Å². The number of halogens is 1. The quantitative estimate of drug-likeness (QED) is 0.451. The number of nitrogens with one attached hydrogen (secondary N) is 2. The Kier molecular flexibility index (Phi) is 9.57. The van der Waals surface area contributed by atoms with Gasteiger partial charge in [0.1, 0.15) is 12.4 Å². The van der Waals surface area contributed by atoms with E-state index in [4.69, 9.17) is 4.74 Å². The molecule has 1 fully saturated rings. The van der Waals surface area contributed by atoms with Crippen molar-refractivity contribution >= 4 is 29.6 Å². The maximum atomic E-state index is 13.8. The number of thioether (sulfide) groups is 1. The van der Waals surface area contributed by atoms with E-state index in [9.17, 15) is 14.0 Å². The smallest absolute Gasteiger partial charge is 0.407 e. The van der Waals surface area contributed by atoms with Gasteiger partial charge in [-0.25, -0.2) is 14.0 Å². The Morgan fingerprint density at radius 2 is 1.93 bits per heavy atom. The molecule has 3 amide bonds. The first-order valence-corrected chi connectivity index (χ1v) is 11.3. The van der Waals surface area contributed by atoms with Crippen LogP contribution in [0.5, 0.6) is 0 Å². The topological polar surface area (TPSA) is 70.7 Å². The molecule has 1 atom stereocenters. The molecule has 1 aromatic carbocycles. The van der Waals surface area contributed by atoms with E-state index >= 15 is 0 Å². The van der Waals surface area contributed by atoms with Crippen LogP contribution in [0.2, 0.25) is 0 Å². The molecule has 0 aromatic heterocycles. The van der Waals surface area contributed by atoms with E-state index in [1.54, 1.807) is 24.1 Å². The zero-order chi connectivity index (χ0) is 21.2. The largest absolute Gasteiger partial charge is 0.449 e. The van der Waals surface area contributed by atoms with E-state index in [0.717, 1.165) is 25.7 Å². The first kappa shape index (κ1) is 23.3. The van der Waals surface area contributed by atoms with Crippen LogP contribution in [0.3, 0.4) is 0 Å². The van der Waals surface area contributed by atoms with Gasteiger partial charge in [-0.05, 0) is 30.9 Å². The third kappa shape index (κ3) is 7.76. The zero-order valence-corrected chi connectivity index (χ0v) is 18.3. The minimum Gasteiger partial charge on any atom is -0.449 e. The molecule has 0 radical (unpaired) electrons. The Morgan fingerprint density at radius 1 is 1.24 bits per heavy atom. The van der Waals surface area contributed by atoms with Crippen molar-refractivity contribution in [1.29, 1.82) is 0 Å². The van der Waals surface area contributed by atoms with E-state index in [1.807, 2.05) is 13.8 Å². The van der Waals surface area contributed by atoms with Gasteiger partial charge in [0, 0.05) is 18.8 Å². The minimum atomic E-state index is -0.472. The molecule has 0 aliphatic heterocycles. The predicted octanol–water partition coefficient (Wildman–Crippen LogP) is 5.06. The molecule has 0 saturated heterocycles. The van der Waals surface area contributed by atoms with Crippen molar-refractivity contribution in [2.24, 2.45) is 5.92 Å². The van der Waals surface area contributed by atoms with E-state index in [-0.39, 0.29) is 41.8 Å². The van der Waals surface area contributed by atoms with Gasteiger partial charge in [0.2, 0.25) is 0 Å². The molecule has 162 valence electrons. The van der Waals surface area contributed by atoms with Gasteiger partial charge in [-0.1, -0.05) is 45.2 Å². The molecular weight excluding hydrogens is 393 g/mol. The molecule has 6 nitrogen and oxygen atoms in total. The molecule has 2 rings (SSSR count). The third-order valence-corrected chi connectivity index (χ3v) is 6.52. The fourth-order valence-electron chi connectivity index (χ4n) is 3.39. The van der Waals surface area contributed by atoms with Crippen LogP contribution in [0.25, 0.3) is 0 Å². The van der Waals surface area contributed by atoms with Gasteiger partial charge in [-0.15, -0.1) is 11.8 Å². The lowest BCUT2D eigenvalue weighted by Gasteiger charge is -2.31. The number of rotatable bonds is 8. The summed E-state index contributed by atoms with van der Waals surface area (Å²) in [6, 6.07) is 5.92. The number of ether oxygens (including phenoxy) is 1. The van der Waals surface area contributed by atoms with Crippen LogP contribution >= 0.6 is 11.8 Å². The number of anilines is 1. The summed E-state index contributed by atoms with van der Waals surface area (Å²) in [6.45, 7) is 4.30. The lowest BCUT2D eigenvalue weighted by molar-refractivity contribution is 0.146. The number of hydrogen-bond donors (Lipinski definition) is 2. The van der Waals surface area contributed by atoms with Crippen LogP contribution < -0.4 is 10.6 Å². The summed E-state index contributed by atoms with van der Waals surface area (Å²) >= 11 is 1.54. The van der Waals surface area contributed by atoms with E-state index in [2.05, 4.69) is 10.6 Å². The Hall–Kier alpha value is -1.96. The summed E-state index contributed by atoms with van der Waals surface area (Å²) in [4.78, 5) is 26.0. The number of nitrogens with zero attached hydrogens (tertiary/aromatic N) is 1. The number of carbonyl (C=O) groups excluding carboxylic acids is 2. The molecule has 1 aromatic rings. The summed E-state index contributed by atoms with van der Waals surface area (Å²) in [5.74, 6) is 0.269. The summed E-state index contributed by atoms with van der Waals surface area (Å²) in [6.07, 6.45) is 5.20. The Labute approximate surface area is 176 Å². The Bertz CT molecular complexity index is 668. The number of carbonyl (C=O) groups is 2. The number of benzene rings is 1. The van der Waals surface area contributed by atoms with Gasteiger partial charge in [-0.3, -0.25) is 0 Å². The second kappa shape index (κ2) is 11.9. The number of para-hydroxylation sites is 1. The lowest BCUT2D eigenvalue weighted by Crippen LogP contribution is -2.41. The predicted molar refractivity (Wildman–Crippen MR) is 116 cm³/mol. The molecule has 2 N–H and O–H groups in total. The molecule has 0 heterocycles. The molecule has 1 aliphatic carbocycles. The van der Waals surface area contributed by atoms with Crippen LogP contribution in [-0.4, -0.2) is 47.8 Å². The van der Waals surface area contributed by atoms with Crippen molar-refractivity contribution in [2.75, 3.05) is 24.7 Å². The number of alkyl carbamates (subject to hydrolysis) is 1. The molecule has 1 aliphatic rings. The summed E-state index contributed by atoms with van der Waals surface area (Å²) < 4.78 is 19.1. The summed E-state index contributed by atoms with van der Waals surface area (Å²) in [7, 11) is 1.69. The second-order valence-electron chi connectivity index (χ2n) is 7.64. The molecule has 0 bridgehead atoms. The van der Waals surface area contributed by atoms with E-state index < -0.39 is 5.82 Å². The second-order valence-corrected chi connectivity index (χ2v) is 8.87. The van der Waals surface area contributed by atoms with Gasteiger partial charge in [0.15, 0.2) is 0 Å². The van der Waals surface area contributed by atoms with Gasteiger partial charge >= 0.3 is 12.1 Å². The van der Waals surface area contributed by atoms with Crippen molar-refractivity contribution < 1.29 is 18.7 Å². The maximum Gasteiger partial charge on any atom is 0.407 e. The zero-order valence-electron chi connectivity index (χ0n) is 17.4. The van der Waals surface area contributed by atoms with Crippen LogP contribution in [0.1, 0.15) is 46.0 Å². The molecule has 1 unspecified atom stereocenters. The van der Waals surface area contributed by atoms with Gasteiger partial charge in [-0.2, -0.15) is 0 Å². The van der Waals surface area contributed by atoms with Gasteiger partial charge < -0.3 is 20.3 Å². The molecule has 29 heavy (non-hydrogen) atoms. The Balaban J connectivity index is 1.76. The molecule has 8 heteroatoms. The minimum absolute atomic E-state index is 0.133. The van der Waals surface area contributed by atoms with Crippen molar-refractivity contribution in [3.63, 3.8) is 0 Å². The monoisotopic (exact) mass is 425 g/mol. The van der Waals surface area contributed by atoms with Crippen LogP contribution in [0.4, 0.5) is 19.7 Å². The van der Waals surface area contributed by atoms with Crippen LogP contribution in [-0.2, 0) is 4.74 Å². The number of hydrogen-bond acceptors (Lipinski definition) is 4. The van der Waals surface area contributed by atoms with E-state index in [1.165, 1.54) is 30.3 Å². The fraction of sp³-hybridized carbons (Fsp3) is 0.619. The van der Waals surface area contributed by atoms with Gasteiger partial charge in [0.05, 0.1) is 11.1 Å². The normalized spacial score (nSPS) is 15.6.